The van der Waals surface area contributed by atoms with Crippen LogP contribution in [0.1, 0.15) is 57.4 Å². The highest BCUT2D eigenvalue weighted by Gasteiger charge is 2.22. The van der Waals surface area contributed by atoms with E-state index in [0.29, 0.717) is 18.5 Å². The molecule has 1 N–H and O–H groups in total. The lowest BCUT2D eigenvalue weighted by Gasteiger charge is -2.11. The molecular weight excluding hydrogens is 388 g/mol. The highest BCUT2D eigenvalue weighted by Crippen LogP contribution is 2.32. The Morgan fingerprint density at radius 1 is 0.931 bits per heavy atom. The number of aryl methyl sites for hydroxylation is 1. The van der Waals surface area contributed by atoms with E-state index >= 15 is 0 Å². The predicted octanol–water partition coefficient (Wildman–Crippen LogP) is 5.06. The topological polar surface area (TPSA) is 80.7 Å². The minimum atomic E-state index is -3.73. The Morgan fingerprint density at radius 2 is 1.59 bits per heavy atom. The number of benzene rings is 2. The predicted molar refractivity (Wildman–Crippen MR) is 113 cm³/mol. The third kappa shape index (κ3) is 6.89. The molecule has 0 bridgehead atoms. The SMILES string of the molecule is CC(CCCCCCCCc1cccc(S(=O)(=O)c2ccccc2)c1O)OC=O. The Morgan fingerprint density at radius 3 is 2.28 bits per heavy atom. The fourth-order valence-electron chi connectivity index (χ4n) is 3.33. The van der Waals surface area contributed by atoms with Gasteiger partial charge in [-0.1, -0.05) is 56.0 Å². The number of phenolic OH excluding ortho intramolecular Hbond substituents is 1. The molecule has 1 unspecified atom stereocenters. The van der Waals surface area contributed by atoms with Crippen LogP contribution in [0, 0.1) is 0 Å². The van der Waals surface area contributed by atoms with Gasteiger partial charge in [0.05, 0.1) is 11.0 Å². The van der Waals surface area contributed by atoms with Gasteiger partial charge >= 0.3 is 0 Å². The number of phenols is 1. The quantitative estimate of drug-likeness (QED) is 0.363. The molecule has 0 radical (unpaired) electrons. The van der Waals surface area contributed by atoms with E-state index in [1.54, 1.807) is 30.3 Å². The Balaban J connectivity index is 1.81. The molecule has 158 valence electrons. The van der Waals surface area contributed by atoms with Crippen LogP contribution in [-0.4, -0.2) is 26.1 Å². The van der Waals surface area contributed by atoms with E-state index in [2.05, 4.69) is 0 Å². The molecule has 0 aliphatic carbocycles. The van der Waals surface area contributed by atoms with Crippen molar-refractivity contribution >= 4 is 16.3 Å². The van der Waals surface area contributed by atoms with Crippen molar-refractivity contribution in [1.29, 1.82) is 0 Å². The van der Waals surface area contributed by atoms with Crippen molar-refractivity contribution in [2.24, 2.45) is 0 Å². The van der Waals surface area contributed by atoms with Crippen LogP contribution in [0.2, 0.25) is 0 Å². The smallest absolute Gasteiger partial charge is 0.293 e. The molecule has 2 aromatic carbocycles. The van der Waals surface area contributed by atoms with E-state index in [1.165, 1.54) is 18.2 Å². The van der Waals surface area contributed by atoms with Gasteiger partial charge < -0.3 is 9.84 Å². The fraction of sp³-hybridized carbons (Fsp3) is 0.435. The Bertz CT molecular complexity index is 862. The summed E-state index contributed by atoms with van der Waals surface area (Å²) < 4.78 is 30.4. The summed E-state index contributed by atoms with van der Waals surface area (Å²) in [5.74, 6) is -0.138. The second-order valence-electron chi connectivity index (χ2n) is 7.28. The van der Waals surface area contributed by atoms with Crippen LogP contribution in [0.3, 0.4) is 0 Å². The van der Waals surface area contributed by atoms with Crippen molar-refractivity contribution in [2.75, 3.05) is 0 Å². The highest BCUT2D eigenvalue weighted by atomic mass is 32.2. The number of hydrogen-bond acceptors (Lipinski definition) is 5. The van der Waals surface area contributed by atoms with Crippen LogP contribution in [0.4, 0.5) is 0 Å². The molecular formula is C23H30O5S. The van der Waals surface area contributed by atoms with Crippen LogP contribution >= 0.6 is 0 Å². The normalized spacial score (nSPS) is 12.4. The maximum atomic E-state index is 12.8. The largest absolute Gasteiger partial charge is 0.506 e. The van der Waals surface area contributed by atoms with Crippen LogP contribution in [0.5, 0.6) is 5.75 Å². The Labute approximate surface area is 173 Å². The van der Waals surface area contributed by atoms with Gasteiger partial charge in [-0.2, -0.15) is 0 Å². The molecule has 2 aromatic rings. The summed E-state index contributed by atoms with van der Waals surface area (Å²) in [7, 11) is -3.73. The van der Waals surface area contributed by atoms with Crippen LogP contribution < -0.4 is 0 Å². The molecule has 0 aliphatic heterocycles. The molecule has 0 heterocycles. The van der Waals surface area contributed by atoms with Gasteiger partial charge in [-0.3, -0.25) is 4.79 Å². The van der Waals surface area contributed by atoms with Gasteiger partial charge in [0.1, 0.15) is 10.6 Å². The summed E-state index contributed by atoms with van der Waals surface area (Å²) in [5.41, 5.74) is 0.668. The zero-order valence-electron chi connectivity index (χ0n) is 16.9. The van der Waals surface area contributed by atoms with Gasteiger partial charge in [-0.05, 0) is 56.4 Å². The van der Waals surface area contributed by atoms with Crippen molar-refractivity contribution in [2.45, 2.75) is 74.2 Å². The van der Waals surface area contributed by atoms with Crippen LogP contribution in [0.25, 0.3) is 0 Å². The molecule has 0 aliphatic rings. The summed E-state index contributed by atoms with van der Waals surface area (Å²) in [6.07, 6.45) is 7.77. The summed E-state index contributed by atoms with van der Waals surface area (Å²) in [5, 5.41) is 10.5. The van der Waals surface area contributed by atoms with Crippen molar-refractivity contribution in [3.05, 3.63) is 54.1 Å². The number of para-hydroxylation sites is 1. The molecule has 1 atom stereocenters. The summed E-state index contributed by atoms with van der Waals surface area (Å²) in [4.78, 5) is 10.4. The van der Waals surface area contributed by atoms with E-state index in [1.807, 2.05) is 6.92 Å². The lowest BCUT2D eigenvalue weighted by molar-refractivity contribution is -0.133. The van der Waals surface area contributed by atoms with E-state index < -0.39 is 9.84 Å². The molecule has 0 fully saturated rings. The summed E-state index contributed by atoms with van der Waals surface area (Å²) in [6, 6.07) is 13.1. The van der Waals surface area contributed by atoms with Gasteiger partial charge in [0.25, 0.3) is 6.47 Å². The first-order chi connectivity index (χ1) is 14.0. The third-order valence-corrected chi connectivity index (χ3v) is 6.82. The summed E-state index contributed by atoms with van der Waals surface area (Å²) >= 11 is 0. The average molecular weight is 419 g/mol. The number of unbranched alkanes of at least 4 members (excludes halogenated alkanes) is 5. The van der Waals surface area contributed by atoms with Crippen LogP contribution in [0.15, 0.2) is 58.3 Å². The zero-order valence-corrected chi connectivity index (χ0v) is 17.7. The highest BCUT2D eigenvalue weighted by molar-refractivity contribution is 7.91. The Kier molecular flexibility index (Phi) is 9.19. The number of ether oxygens (including phenoxy) is 1. The van der Waals surface area contributed by atoms with Crippen molar-refractivity contribution in [3.63, 3.8) is 0 Å². The molecule has 0 amide bonds. The van der Waals surface area contributed by atoms with Gasteiger partial charge in [-0.25, -0.2) is 8.42 Å². The minimum Gasteiger partial charge on any atom is -0.506 e. The first-order valence-electron chi connectivity index (χ1n) is 10.2. The van der Waals surface area contributed by atoms with Gasteiger partial charge in [0.15, 0.2) is 0 Å². The number of carbonyl (C=O) groups is 1. The number of carbonyl (C=O) groups excluding carboxylic acids is 1. The maximum Gasteiger partial charge on any atom is 0.293 e. The molecule has 2 rings (SSSR count). The second kappa shape index (κ2) is 11.6. The molecule has 6 heteroatoms. The van der Waals surface area contributed by atoms with E-state index in [-0.39, 0.29) is 21.6 Å². The van der Waals surface area contributed by atoms with Crippen molar-refractivity contribution in [3.8, 4) is 5.75 Å². The first-order valence-corrected chi connectivity index (χ1v) is 11.6. The molecule has 29 heavy (non-hydrogen) atoms. The van der Waals surface area contributed by atoms with Gasteiger partial charge in [0, 0.05) is 0 Å². The van der Waals surface area contributed by atoms with Gasteiger partial charge in [-0.15, -0.1) is 0 Å². The third-order valence-electron chi connectivity index (χ3n) is 5.02. The standard InChI is InChI=1S/C23H30O5S/c1-19(28-18-24)12-7-4-2-3-5-8-13-20-14-11-17-22(23(20)25)29(26,27)21-15-9-6-10-16-21/h6,9-11,14-19,25H,2-5,7-8,12-13H2,1H3. The number of sulfone groups is 1. The number of rotatable bonds is 13. The average Bonchev–Trinajstić information content (AvgIpc) is 2.71. The van der Waals surface area contributed by atoms with Gasteiger partial charge in [0.2, 0.25) is 9.84 Å². The van der Waals surface area contributed by atoms with E-state index in [0.717, 1.165) is 44.9 Å². The molecule has 0 aromatic heterocycles. The monoisotopic (exact) mass is 418 g/mol. The first kappa shape index (κ1) is 22.9. The fourth-order valence-corrected chi connectivity index (χ4v) is 4.74. The minimum absolute atomic E-state index is 0.0186. The molecule has 0 saturated heterocycles. The second-order valence-corrected chi connectivity index (χ2v) is 9.20. The van der Waals surface area contributed by atoms with Crippen LogP contribution in [-0.2, 0) is 25.8 Å². The summed E-state index contributed by atoms with van der Waals surface area (Å²) in [6.45, 7) is 2.40. The number of aromatic hydroxyl groups is 1. The van der Waals surface area contributed by atoms with E-state index in [9.17, 15) is 18.3 Å². The van der Waals surface area contributed by atoms with Crippen molar-refractivity contribution in [1.82, 2.24) is 0 Å². The van der Waals surface area contributed by atoms with E-state index in [4.69, 9.17) is 4.74 Å². The lowest BCUT2D eigenvalue weighted by atomic mass is 10.0. The van der Waals surface area contributed by atoms with Crippen molar-refractivity contribution < 1.29 is 23.1 Å². The lowest BCUT2D eigenvalue weighted by Crippen LogP contribution is -2.05. The Hall–Kier alpha value is -2.34. The molecule has 5 nitrogen and oxygen atoms in total. The number of hydrogen-bond donors (Lipinski definition) is 1. The molecule has 0 saturated carbocycles. The maximum absolute atomic E-state index is 12.8. The molecule has 0 spiro atoms. The zero-order chi connectivity index (χ0) is 21.1.